The van der Waals surface area contributed by atoms with Gasteiger partial charge >= 0.3 is 0 Å². The summed E-state index contributed by atoms with van der Waals surface area (Å²) in [6.45, 7) is 12.2. The van der Waals surface area contributed by atoms with Crippen LogP contribution >= 0.6 is 0 Å². The number of rotatable bonds is 6. The van der Waals surface area contributed by atoms with Gasteiger partial charge in [-0.1, -0.05) is 63.2 Å². The summed E-state index contributed by atoms with van der Waals surface area (Å²) in [6.07, 6.45) is 2.22. The normalized spacial score (nSPS) is 15.7. The summed E-state index contributed by atoms with van der Waals surface area (Å²) in [4.78, 5) is 9.24. The summed E-state index contributed by atoms with van der Waals surface area (Å²) in [6, 6.07) is 15.3. The molecule has 2 heterocycles. The van der Waals surface area contributed by atoms with E-state index in [2.05, 4.69) is 90.8 Å². The number of benzene rings is 3. The molecule has 3 aromatic carbocycles. The number of hydrogen-bond donors (Lipinski definition) is 3. The zero-order valence-corrected chi connectivity index (χ0v) is 21.3. The molecule has 2 aliphatic rings. The number of amidine groups is 2. The Morgan fingerprint density at radius 1 is 0.800 bits per heavy atom. The third-order valence-electron chi connectivity index (χ3n) is 7.21. The molecule has 0 fully saturated rings. The van der Waals surface area contributed by atoms with Crippen LogP contribution in [0, 0.1) is 6.92 Å². The summed E-state index contributed by atoms with van der Waals surface area (Å²) in [5.41, 5.74) is 6.78. The molecule has 0 saturated heterocycles. The maximum absolute atomic E-state index is 11.6. The Morgan fingerprint density at radius 3 is 1.91 bits per heavy atom. The van der Waals surface area contributed by atoms with Crippen molar-refractivity contribution in [2.45, 2.75) is 52.4 Å². The van der Waals surface area contributed by atoms with Gasteiger partial charge in [0.1, 0.15) is 17.4 Å². The second kappa shape index (κ2) is 9.37. The molecule has 5 heteroatoms. The Hall–Kier alpha value is -3.34. The monoisotopic (exact) mass is 468 g/mol. The second-order valence-electron chi connectivity index (χ2n) is 10.8. The first-order valence-corrected chi connectivity index (χ1v) is 12.7. The van der Waals surface area contributed by atoms with E-state index in [1.54, 1.807) is 0 Å². The molecule has 0 spiro atoms. The predicted octanol–water partition coefficient (Wildman–Crippen LogP) is 4.83. The average molecular weight is 469 g/mol. The number of phenols is 1. The standard InChI is InChI=1S/C30H36N4O/c1-19-15-26(30(2,3)4)29(35)25(24(19)18-28-33-13-14-34-28)16-20-9-10-21(17-27-31-11-12-32-27)23-8-6-5-7-22(20)23/h5-10,15,35H,11-14,16-18H2,1-4H3,(H,31,32)(H,33,34). The first-order chi connectivity index (χ1) is 16.8. The lowest BCUT2D eigenvalue weighted by atomic mass is 9.80. The molecule has 182 valence electrons. The average Bonchev–Trinajstić information content (AvgIpc) is 3.53. The topological polar surface area (TPSA) is 69.0 Å². The molecule has 0 saturated carbocycles. The van der Waals surface area contributed by atoms with E-state index in [1.165, 1.54) is 33.0 Å². The van der Waals surface area contributed by atoms with Crippen LogP contribution in [0.25, 0.3) is 10.8 Å². The van der Waals surface area contributed by atoms with E-state index in [1.807, 2.05) is 0 Å². The van der Waals surface area contributed by atoms with Crippen LogP contribution in [0.3, 0.4) is 0 Å². The van der Waals surface area contributed by atoms with Crippen molar-refractivity contribution >= 4 is 22.4 Å². The van der Waals surface area contributed by atoms with Gasteiger partial charge in [-0.05, 0) is 50.9 Å². The van der Waals surface area contributed by atoms with Crippen LogP contribution in [0.5, 0.6) is 5.75 Å². The maximum atomic E-state index is 11.6. The number of aryl methyl sites for hydroxylation is 1. The SMILES string of the molecule is Cc1cc(C(C)(C)C)c(O)c(Cc2ccc(CC3=NCCN3)c3ccccc23)c1CC1=NCCN1. The zero-order valence-electron chi connectivity index (χ0n) is 21.3. The second-order valence-corrected chi connectivity index (χ2v) is 10.8. The molecule has 0 aliphatic carbocycles. The molecule has 0 atom stereocenters. The number of nitrogens with one attached hydrogen (secondary N) is 2. The summed E-state index contributed by atoms with van der Waals surface area (Å²) in [5.74, 6) is 2.51. The van der Waals surface area contributed by atoms with Gasteiger partial charge in [-0.25, -0.2) is 0 Å². The fourth-order valence-electron chi connectivity index (χ4n) is 5.32. The number of hydrogen-bond acceptors (Lipinski definition) is 5. The molecule has 0 unspecified atom stereocenters. The van der Waals surface area contributed by atoms with E-state index in [4.69, 9.17) is 0 Å². The van der Waals surface area contributed by atoms with Gasteiger partial charge in [-0.15, -0.1) is 0 Å². The van der Waals surface area contributed by atoms with E-state index in [0.717, 1.165) is 61.8 Å². The van der Waals surface area contributed by atoms with E-state index >= 15 is 0 Å². The van der Waals surface area contributed by atoms with Crippen molar-refractivity contribution < 1.29 is 5.11 Å². The van der Waals surface area contributed by atoms with Crippen LogP contribution in [0.4, 0.5) is 0 Å². The number of nitrogens with zero attached hydrogens (tertiary/aromatic N) is 2. The lowest BCUT2D eigenvalue weighted by Crippen LogP contribution is -2.22. The van der Waals surface area contributed by atoms with Gasteiger partial charge in [0.05, 0.1) is 13.1 Å². The van der Waals surface area contributed by atoms with Crippen molar-refractivity contribution in [2.24, 2.45) is 9.98 Å². The van der Waals surface area contributed by atoms with Crippen molar-refractivity contribution in [2.75, 3.05) is 26.2 Å². The highest BCUT2D eigenvalue weighted by Gasteiger charge is 2.25. The zero-order chi connectivity index (χ0) is 24.6. The van der Waals surface area contributed by atoms with Gasteiger partial charge in [0.25, 0.3) is 0 Å². The van der Waals surface area contributed by atoms with Crippen LogP contribution in [0.2, 0.25) is 0 Å². The third kappa shape index (κ3) is 4.77. The Bertz CT molecular complexity index is 1330. The van der Waals surface area contributed by atoms with Crippen molar-refractivity contribution in [3.63, 3.8) is 0 Å². The van der Waals surface area contributed by atoms with Crippen LogP contribution in [-0.2, 0) is 24.7 Å². The lowest BCUT2D eigenvalue weighted by Gasteiger charge is -2.26. The van der Waals surface area contributed by atoms with Gasteiger partial charge in [0.2, 0.25) is 0 Å². The quantitative estimate of drug-likeness (QED) is 0.485. The van der Waals surface area contributed by atoms with E-state index < -0.39 is 0 Å². The van der Waals surface area contributed by atoms with Crippen molar-refractivity contribution in [1.29, 1.82) is 0 Å². The molecule has 5 nitrogen and oxygen atoms in total. The van der Waals surface area contributed by atoms with E-state index in [0.29, 0.717) is 12.2 Å². The number of aromatic hydroxyl groups is 1. The molecule has 0 amide bonds. The summed E-state index contributed by atoms with van der Waals surface area (Å²) >= 11 is 0. The molecule has 2 aliphatic heterocycles. The minimum Gasteiger partial charge on any atom is -0.507 e. The number of phenolic OH excluding ortho intramolecular Hbond substituents is 1. The summed E-state index contributed by atoms with van der Waals surface area (Å²) in [7, 11) is 0. The molecule has 3 aromatic rings. The molecular weight excluding hydrogens is 432 g/mol. The molecule has 3 N–H and O–H groups in total. The fraction of sp³-hybridized carbons (Fsp3) is 0.400. The Morgan fingerprint density at radius 2 is 1.37 bits per heavy atom. The smallest absolute Gasteiger partial charge is 0.123 e. The lowest BCUT2D eigenvalue weighted by molar-refractivity contribution is 0.440. The number of fused-ring (bicyclic) bond motifs is 1. The molecule has 5 rings (SSSR count). The summed E-state index contributed by atoms with van der Waals surface area (Å²) < 4.78 is 0. The van der Waals surface area contributed by atoms with Gasteiger partial charge in [-0.2, -0.15) is 0 Å². The largest absolute Gasteiger partial charge is 0.507 e. The molecule has 35 heavy (non-hydrogen) atoms. The molecule has 0 radical (unpaired) electrons. The van der Waals surface area contributed by atoms with Crippen LogP contribution in [0.1, 0.15) is 54.2 Å². The van der Waals surface area contributed by atoms with Crippen molar-refractivity contribution in [3.05, 3.63) is 75.8 Å². The van der Waals surface area contributed by atoms with Crippen molar-refractivity contribution in [1.82, 2.24) is 10.6 Å². The minimum absolute atomic E-state index is 0.147. The highest BCUT2D eigenvalue weighted by Crippen LogP contribution is 2.39. The van der Waals surface area contributed by atoms with Crippen LogP contribution < -0.4 is 10.6 Å². The van der Waals surface area contributed by atoms with Gasteiger partial charge in [0, 0.05) is 37.9 Å². The van der Waals surface area contributed by atoms with Gasteiger partial charge in [0.15, 0.2) is 0 Å². The minimum atomic E-state index is -0.147. The fourth-order valence-corrected chi connectivity index (χ4v) is 5.32. The maximum Gasteiger partial charge on any atom is 0.123 e. The van der Waals surface area contributed by atoms with E-state index in [9.17, 15) is 5.11 Å². The first-order valence-electron chi connectivity index (χ1n) is 12.7. The Labute approximate surface area is 208 Å². The van der Waals surface area contributed by atoms with E-state index in [-0.39, 0.29) is 5.41 Å². The van der Waals surface area contributed by atoms with Crippen molar-refractivity contribution in [3.8, 4) is 5.75 Å². The van der Waals surface area contributed by atoms with Crippen LogP contribution in [-0.4, -0.2) is 43.0 Å². The van der Waals surface area contributed by atoms with Gasteiger partial charge < -0.3 is 15.7 Å². The third-order valence-corrected chi connectivity index (χ3v) is 7.21. The molecule has 0 bridgehead atoms. The molecular formula is C30H36N4O. The Balaban J connectivity index is 1.60. The summed E-state index contributed by atoms with van der Waals surface area (Å²) in [5, 5.41) is 20.9. The first kappa shape index (κ1) is 23.4. The van der Waals surface area contributed by atoms with Gasteiger partial charge in [-0.3, -0.25) is 9.98 Å². The Kier molecular flexibility index (Phi) is 6.26. The highest BCUT2D eigenvalue weighted by atomic mass is 16.3. The predicted molar refractivity (Wildman–Crippen MR) is 146 cm³/mol. The number of aliphatic imine (C=N–C) groups is 2. The van der Waals surface area contributed by atoms with Crippen LogP contribution in [0.15, 0.2) is 52.4 Å². The highest BCUT2D eigenvalue weighted by molar-refractivity contribution is 5.94. The molecule has 0 aromatic heterocycles.